The van der Waals surface area contributed by atoms with Crippen LogP contribution in [0.1, 0.15) is 16.1 Å². The van der Waals surface area contributed by atoms with E-state index in [9.17, 15) is 9.18 Å². The van der Waals surface area contributed by atoms with E-state index in [-0.39, 0.29) is 18.1 Å². The number of anilines is 1. The van der Waals surface area contributed by atoms with Crippen LogP contribution in [0, 0.1) is 5.82 Å². The maximum absolute atomic E-state index is 14.0. The highest BCUT2D eigenvalue weighted by atomic mass is 79.9. The topological polar surface area (TPSA) is 75.6 Å². The molecule has 11 heteroatoms. The fourth-order valence-electron chi connectivity index (χ4n) is 2.82. The molecular weight excluding hydrogens is 532 g/mol. The predicted octanol–water partition coefficient (Wildman–Crippen LogP) is 6.44. The van der Waals surface area contributed by atoms with Gasteiger partial charge >= 0.3 is 0 Å². The van der Waals surface area contributed by atoms with Crippen molar-refractivity contribution in [2.75, 3.05) is 5.32 Å². The minimum Gasteiger partial charge on any atom is -0.303 e. The van der Waals surface area contributed by atoms with Crippen LogP contribution < -0.4 is 5.32 Å². The largest absolute Gasteiger partial charge is 0.303 e. The second-order valence-corrected chi connectivity index (χ2v) is 8.55. The van der Waals surface area contributed by atoms with Gasteiger partial charge in [-0.25, -0.2) is 4.39 Å². The number of H-pyrrole nitrogens is 1. The van der Waals surface area contributed by atoms with E-state index in [2.05, 4.69) is 36.5 Å². The van der Waals surface area contributed by atoms with Crippen LogP contribution in [-0.4, -0.2) is 25.9 Å². The number of hydrogen-bond acceptors (Lipinski definition) is 3. The Morgan fingerprint density at radius 1 is 1.13 bits per heavy atom. The summed E-state index contributed by atoms with van der Waals surface area (Å²) in [6, 6.07) is 11.1. The fourth-order valence-corrected chi connectivity index (χ4v) is 3.76. The van der Waals surface area contributed by atoms with E-state index in [1.54, 1.807) is 36.5 Å². The molecule has 4 aromatic rings. The van der Waals surface area contributed by atoms with Gasteiger partial charge in [-0.15, -0.1) is 0 Å². The molecule has 2 N–H and O–H groups in total. The summed E-state index contributed by atoms with van der Waals surface area (Å²) in [6.07, 6.45) is 1.62. The highest BCUT2D eigenvalue weighted by Crippen LogP contribution is 2.28. The Bertz CT molecular complexity index is 1270. The van der Waals surface area contributed by atoms with Crippen LogP contribution in [0.25, 0.3) is 11.3 Å². The molecule has 2 aromatic heterocycles. The second-order valence-electron chi connectivity index (χ2n) is 6.47. The summed E-state index contributed by atoms with van der Waals surface area (Å²) in [5.74, 6) is -0.617. The van der Waals surface area contributed by atoms with Gasteiger partial charge in [-0.05, 0) is 46.3 Å². The highest BCUT2D eigenvalue weighted by molar-refractivity contribution is 9.10. The maximum Gasteiger partial charge on any atom is 0.274 e. The summed E-state index contributed by atoms with van der Waals surface area (Å²) in [7, 11) is 0. The van der Waals surface area contributed by atoms with Crippen molar-refractivity contribution in [3.8, 4) is 11.3 Å². The number of amides is 1. The van der Waals surface area contributed by atoms with Gasteiger partial charge in [0, 0.05) is 22.3 Å². The average Bonchev–Trinajstić information content (AvgIpc) is 3.34. The molecule has 0 saturated heterocycles. The van der Waals surface area contributed by atoms with Crippen molar-refractivity contribution in [3.63, 3.8) is 0 Å². The quantitative estimate of drug-likeness (QED) is 0.304. The highest BCUT2D eigenvalue weighted by Gasteiger charge is 2.17. The van der Waals surface area contributed by atoms with E-state index < -0.39 is 11.7 Å². The molecule has 31 heavy (non-hydrogen) atoms. The number of carbonyl (C=O) groups is 1. The zero-order valence-electron chi connectivity index (χ0n) is 15.5. The molecule has 0 fully saturated rings. The third-order valence-corrected chi connectivity index (χ3v) is 6.04. The molecule has 0 bridgehead atoms. The number of carbonyl (C=O) groups excluding carboxylic acids is 1. The number of aromatic amines is 1. The van der Waals surface area contributed by atoms with Crippen LogP contribution in [0.4, 0.5) is 10.2 Å². The van der Waals surface area contributed by atoms with Gasteiger partial charge < -0.3 is 5.32 Å². The first kappa shape index (κ1) is 21.8. The molecule has 2 aromatic carbocycles. The summed E-state index contributed by atoms with van der Waals surface area (Å²) in [5.41, 5.74) is 1.76. The molecule has 0 unspecified atom stereocenters. The van der Waals surface area contributed by atoms with Crippen LogP contribution in [0.2, 0.25) is 15.1 Å². The number of hydrogen-bond donors (Lipinski definition) is 2. The van der Waals surface area contributed by atoms with Gasteiger partial charge in [0.15, 0.2) is 5.82 Å². The van der Waals surface area contributed by atoms with Gasteiger partial charge in [0.1, 0.15) is 11.5 Å². The summed E-state index contributed by atoms with van der Waals surface area (Å²) >= 11 is 21.4. The van der Waals surface area contributed by atoms with Gasteiger partial charge in [0.2, 0.25) is 0 Å². The molecule has 2 heterocycles. The average molecular weight is 544 g/mol. The van der Waals surface area contributed by atoms with Gasteiger partial charge in [-0.1, -0.05) is 46.9 Å². The molecule has 0 radical (unpaired) electrons. The van der Waals surface area contributed by atoms with Gasteiger partial charge in [-0.3, -0.25) is 14.6 Å². The Labute approximate surface area is 199 Å². The van der Waals surface area contributed by atoms with Crippen LogP contribution in [0.5, 0.6) is 0 Å². The van der Waals surface area contributed by atoms with Crippen molar-refractivity contribution in [1.29, 1.82) is 0 Å². The second kappa shape index (κ2) is 9.00. The molecule has 158 valence electrons. The molecule has 0 saturated carbocycles. The molecule has 6 nitrogen and oxygen atoms in total. The Hall–Kier alpha value is -2.39. The number of nitrogens with one attached hydrogen (secondary N) is 2. The van der Waals surface area contributed by atoms with Crippen molar-refractivity contribution in [1.82, 2.24) is 20.0 Å². The molecule has 4 rings (SSSR count). The lowest BCUT2D eigenvalue weighted by atomic mass is 10.1. The summed E-state index contributed by atoms with van der Waals surface area (Å²) in [6.45, 7) is 0.103. The van der Waals surface area contributed by atoms with E-state index in [1.807, 2.05) is 0 Å². The maximum atomic E-state index is 14.0. The van der Waals surface area contributed by atoms with Crippen molar-refractivity contribution < 1.29 is 9.18 Å². The third-order valence-electron chi connectivity index (χ3n) is 4.37. The zero-order valence-corrected chi connectivity index (χ0v) is 19.3. The van der Waals surface area contributed by atoms with E-state index in [0.717, 1.165) is 0 Å². The summed E-state index contributed by atoms with van der Waals surface area (Å²) in [5, 5.41) is 14.9. The lowest BCUT2D eigenvalue weighted by Gasteiger charge is -2.05. The first-order chi connectivity index (χ1) is 14.8. The van der Waals surface area contributed by atoms with E-state index in [4.69, 9.17) is 34.8 Å². The molecule has 0 aliphatic rings. The fraction of sp³-hybridized carbons (Fsp3) is 0.0500. The summed E-state index contributed by atoms with van der Waals surface area (Å²) < 4.78 is 16.0. The summed E-state index contributed by atoms with van der Waals surface area (Å²) in [4.78, 5) is 12.6. The van der Waals surface area contributed by atoms with E-state index in [1.165, 1.54) is 16.8 Å². The SMILES string of the molecule is O=C(Nc1nn(Cc2c(F)cccc2Cl)cc1Br)c1cc(-c2ccc(Cl)c(Cl)c2)n[nH]1. The van der Waals surface area contributed by atoms with Crippen molar-refractivity contribution >= 4 is 62.5 Å². The molecule has 0 spiro atoms. The molecular formula is C20H12BrCl3FN5O. The van der Waals surface area contributed by atoms with Crippen molar-refractivity contribution in [2.24, 2.45) is 0 Å². The number of halogens is 5. The normalized spacial score (nSPS) is 11.0. The lowest BCUT2D eigenvalue weighted by molar-refractivity contribution is 0.102. The minimum absolute atomic E-state index is 0.103. The Balaban J connectivity index is 1.50. The number of nitrogens with zero attached hydrogens (tertiary/aromatic N) is 3. The first-order valence-corrected chi connectivity index (χ1v) is 10.7. The standard InChI is InChI=1S/C20H12BrCl3FN5O/c21-12-9-30(8-11-13(22)2-1-3-16(11)25)29-19(12)26-20(31)18-7-17(27-28-18)10-4-5-14(23)15(24)6-10/h1-7,9H,8H2,(H,27,28)(H,26,29,31). The van der Waals surface area contributed by atoms with Crippen LogP contribution >= 0.6 is 50.7 Å². The van der Waals surface area contributed by atoms with Gasteiger partial charge in [0.25, 0.3) is 5.91 Å². The molecule has 1 amide bonds. The third kappa shape index (κ3) is 4.77. The van der Waals surface area contributed by atoms with Gasteiger partial charge in [0.05, 0.1) is 26.8 Å². The molecule has 0 aliphatic carbocycles. The van der Waals surface area contributed by atoms with Crippen LogP contribution in [-0.2, 0) is 6.54 Å². The Morgan fingerprint density at radius 3 is 2.68 bits per heavy atom. The predicted molar refractivity (Wildman–Crippen MR) is 122 cm³/mol. The van der Waals surface area contributed by atoms with Crippen molar-refractivity contribution in [3.05, 3.63) is 85.3 Å². The van der Waals surface area contributed by atoms with Crippen LogP contribution in [0.15, 0.2) is 53.1 Å². The smallest absolute Gasteiger partial charge is 0.274 e. The zero-order chi connectivity index (χ0) is 22.1. The van der Waals surface area contributed by atoms with Crippen molar-refractivity contribution in [2.45, 2.75) is 6.54 Å². The minimum atomic E-state index is -0.450. The first-order valence-electron chi connectivity index (χ1n) is 8.80. The van der Waals surface area contributed by atoms with Crippen LogP contribution in [0.3, 0.4) is 0 Å². The number of rotatable bonds is 5. The molecule has 0 atom stereocenters. The number of aromatic nitrogens is 4. The monoisotopic (exact) mass is 541 g/mol. The van der Waals surface area contributed by atoms with E-state index in [0.29, 0.717) is 36.4 Å². The molecule has 0 aliphatic heterocycles. The number of benzene rings is 2. The van der Waals surface area contributed by atoms with E-state index >= 15 is 0 Å². The Kier molecular flexibility index (Phi) is 6.34. The lowest BCUT2D eigenvalue weighted by Crippen LogP contribution is -2.13. The Morgan fingerprint density at radius 2 is 1.94 bits per heavy atom. The van der Waals surface area contributed by atoms with Gasteiger partial charge in [-0.2, -0.15) is 10.2 Å².